The molecule has 0 radical (unpaired) electrons. The van der Waals surface area contributed by atoms with Crippen LogP contribution in [0.4, 0.5) is 0 Å². The number of aryl methyl sites for hydroxylation is 1. The molecule has 0 aliphatic heterocycles. The minimum absolute atomic E-state index is 0.113. The summed E-state index contributed by atoms with van der Waals surface area (Å²) < 4.78 is 5.55. The van der Waals surface area contributed by atoms with Crippen molar-refractivity contribution < 1.29 is 9.53 Å². The minimum Gasteiger partial charge on any atom is -0.462 e. The van der Waals surface area contributed by atoms with Crippen molar-refractivity contribution in [2.45, 2.75) is 83.2 Å². The average Bonchev–Trinajstić information content (AvgIpc) is 2.69. The number of carbonyl (C=O) groups is 1. The molecule has 2 aliphatic rings. The first-order valence-corrected chi connectivity index (χ1v) is 10.6. The Kier molecular flexibility index (Phi) is 6.93. The fourth-order valence-electron chi connectivity index (χ4n) is 4.98. The first-order valence-electron chi connectivity index (χ1n) is 10.6. The number of rotatable bonds is 6. The average molecular weight is 355 g/mol. The van der Waals surface area contributed by atoms with Gasteiger partial charge in [0.25, 0.3) is 0 Å². The SMILES string of the molecule is C=CCC(=O)OC1CCC(C2CCC(c3ccc(CC)cc3)CC2)CC1. The van der Waals surface area contributed by atoms with Crippen LogP contribution in [0.25, 0.3) is 0 Å². The maximum absolute atomic E-state index is 11.6. The number of hydrogen-bond acceptors (Lipinski definition) is 2. The molecule has 2 nitrogen and oxygen atoms in total. The maximum Gasteiger partial charge on any atom is 0.309 e. The van der Waals surface area contributed by atoms with Gasteiger partial charge in [-0.15, -0.1) is 6.58 Å². The van der Waals surface area contributed by atoms with Gasteiger partial charge in [0.15, 0.2) is 0 Å². The lowest BCUT2D eigenvalue weighted by molar-refractivity contribution is -0.150. The van der Waals surface area contributed by atoms with Gasteiger partial charge in [0.1, 0.15) is 6.10 Å². The van der Waals surface area contributed by atoms with E-state index in [9.17, 15) is 4.79 Å². The molecule has 1 aromatic carbocycles. The zero-order valence-electron chi connectivity index (χ0n) is 16.3. The molecule has 0 atom stereocenters. The molecule has 2 aliphatic carbocycles. The van der Waals surface area contributed by atoms with Crippen LogP contribution >= 0.6 is 0 Å². The fourth-order valence-corrected chi connectivity index (χ4v) is 4.98. The first kappa shape index (κ1) is 19.2. The van der Waals surface area contributed by atoms with Crippen LogP contribution in [0.1, 0.15) is 81.8 Å². The summed E-state index contributed by atoms with van der Waals surface area (Å²) in [5, 5.41) is 0. The summed E-state index contributed by atoms with van der Waals surface area (Å²) in [6, 6.07) is 9.31. The van der Waals surface area contributed by atoms with Gasteiger partial charge in [0, 0.05) is 0 Å². The van der Waals surface area contributed by atoms with Gasteiger partial charge >= 0.3 is 5.97 Å². The van der Waals surface area contributed by atoms with E-state index >= 15 is 0 Å². The summed E-state index contributed by atoms with van der Waals surface area (Å²) in [5.41, 5.74) is 2.98. The summed E-state index contributed by atoms with van der Waals surface area (Å²) in [6.07, 6.45) is 13.2. The zero-order valence-corrected chi connectivity index (χ0v) is 16.3. The van der Waals surface area contributed by atoms with Gasteiger partial charge in [-0.2, -0.15) is 0 Å². The number of hydrogen-bond donors (Lipinski definition) is 0. The second-order valence-electron chi connectivity index (χ2n) is 8.23. The molecule has 0 spiro atoms. The highest BCUT2D eigenvalue weighted by molar-refractivity contribution is 5.71. The molecule has 0 amide bonds. The molecule has 2 heteroatoms. The van der Waals surface area contributed by atoms with Crippen molar-refractivity contribution in [3.05, 3.63) is 48.0 Å². The second kappa shape index (κ2) is 9.39. The molecule has 3 rings (SSSR count). The largest absolute Gasteiger partial charge is 0.462 e. The van der Waals surface area contributed by atoms with Gasteiger partial charge in [0.2, 0.25) is 0 Å². The molecule has 1 aromatic rings. The van der Waals surface area contributed by atoms with Crippen molar-refractivity contribution in [2.24, 2.45) is 11.8 Å². The molecule has 2 saturated carbocycles. The number of carbonyl (C=O) groups excluding carboxylic acids is 1. The number of benzene rings is 1. The van der Waals surface area contributed by atoms with E-state index in [1.807, 2.05) is 0 Å². The lowest BCUT2D eigenvalue weighted by Crippen LogP contribution is -2.29. The van der Waals surface area contributed by atoms with Crippen LogP contribution in [-0.4, -0.2) is 12.1 Å². The molecule has 26 heavy (non-hydrogen) atoms. The van der Waals surface area contributed by atoms with Crippen LogP contribution in [-0.2, 0) is 16.0 Å². The van der Waals surface area contributed by atoms with E-state index in [0.29, 0.717) is 6.42 Å². The topological polar surface area (TPSA) is 26.3 Å². The second-order valence-corrected chi connectivity index (χ2v) is 8.23. The van der Waals surface area contributed by atoms with Crippen LogP contribution in [0.2, 0.25) is 0 Å². The van der Waals surface area contributed by atoms with E-state index in [1.54, 1.807) is 11.6 Å². The summed E-state index contributed by atoms with van der Waals surface area (Å²) in [6.45, 7) is 5.82. The highest BCUT2D eigenvalue weighted by Crippen LogP contribution is 2.43. The summed E-state index contributed by atoms with van der Waals surface area (Å²) >= 11 is 0. The van der Waals surface area contributed by atoms with Gasteiger partial charge in [-0.05, 0) is 86.7 Å². The van der Waals surface area contributed by atoms with Crippen molar-refractivity contribution in [1.29, 1.82) is 0 Å². The Hall–Kier alpha value is -1.57. The normalized spacial score (nSPS) is 29.1. The lowest BCUT2D eigenvalue weighted by atomic mass is 9.69. The Morgan fingerprint density at radius 1 is 1.00 bits per heavy atom. The van der Waals surface area contributed by atoms with Crippen molar-refractivity contribution >= 4 is 5.97 Å². The number of ether oxygens (including phenoxy) is 1. The molecular formula is C24H34O2. The standard InChI is InChI=1S/C24H34O2/c1-3-5-24(25)26-23-16-14-22(15-17-23)21-12-10-20(11-13-21)19-8-6-18(4-2)7-9-19/h3,6-9,20-23H,1,4-5,10-17H2,2H3. The van der Waals surface area contributed by atoms with E-state index in [2.05, 4.69) is 37.8 Å². The predicted molar refractivity (Wildman–Crippen MR) is 107 cm³/mol. The van der Waals surface area contributed by atoms with Crippen LogP contribution < -0.4 is 0 Å². The van der Waals surface area contributed by atoms with Gasteiger partial charge in [-0.1, -0.05) is 37.3 Å². The van der Waals surface area contributed by atoms with Crippen LogP contribution in [0, 0.1) is 11.8 Å². The third kappa shape index (κ3) is 4.99. The van der Waals surface area contributed by atoms with Crippen molar-refractivity contribution in [3.8, 4) is 0 Å². The Morgan fingerprint density at radius 2 is 1.58 bits per heavy atom. The van der Waals surface area contributed by atoms with Crippen LogP contribution in [0.3, 0.4) is 0 Å². The van der Waals surface area contributed by atoms with E-state index in [-0.39, 0.29) is 12.1 Å². The molecule has 0 heterocycles. The Labute approximate surface area is 159 Å². The zero-order chi connectivity index (χ0) is 18.4. The summed E-state index contributed by atoms with van der Waals surface area (Å²) in [7, 11) is 0. The Balaban J connectivity index is 1.42. The molecule has 142 valence electrons. The molecule has 0 aromatic heterocycles. The van der Waals surface area contributed by atoms with Crippen LogP contribution in [0.15, 0.2) is 36.9 Å². The predicted octanol–water partition coefficient (Wildman–Crippen LogP) is 6.20. The van der Waals surface area contributed by atoms with Gasteiger partial charge < -0.3 is 4.74 Å². The van der Waals surface area contributed by atoms with E-state index in [4.69, 9.17) is 4.74 Å². The highest BCUT2D eigenvalue weighted by Gasteiger charge is 2.32. The third-order valence-electron chi connectivity index (χ3n) is 6.63. The minimum atomic E-state index is -0.113. The fraction of sp³-hybridized carbons (Fsp3) is 0.625. The van der Waals surface area contributed by atoms with Crippen LogP contribution in [0.5, 0.6) is 0 Å². The van der Waals surface area contributed by atoms with E-state index < -0.39 is 0 Å². The smallest absolute Gasteiger partial charge is 0.309 e. The van der Waals surface area contributed by atoms with E-state index in [0.717, 1.165) is 37.0 Å². The molecule has 0 N–H and O–H groups in total. The highest BCUT2D eigenvalue weighted by atomic mass is 16.5. The first-order chi connectivity index (χ1) is 12.7. The maximum atomic E-state index is 11.6. The quantitative estimate of drug-likeness (QED) is 0.449. The lowest BCUT2D eigenvalue weighted by Gasteiger charge is -2.37. The van der Waals surface area contributed by atoms with Gasteiger partial charge in [-0.3, -0.25) is 4.79 Å². The summed E-state index contributed by atoms with van der Waals surface area (Å²) in [5.74, 6) is 2.37. The van der Waals surface area contributed by atoms with Crippen molar-refractivity contribution in [2.75, 3.05) is 0 Å². The monoisotopic (exact) mass is 354 g/mol. The van der Waals surface area contributed by atoms with Crippen molar-refractivity contribution in [1.82, 2.24) is 0 Å². The van der Waals surface area contributed by atoms with Gasteiger partial charge in [-0.25, -0.2) is 0 Å². The molecule has 0 unspecified atom stereocenters. The van der Waals surface area contributed by atoms with E-state index in [1.165, 1.54) is 44.1 Å². The van der Waals surface area contributed by atoms with Crippen molar-refractivity contribution in [3.63, 3.8) is 0 Å². The van der Waals surface area contributed by atoms with Gasteiger partial charge in [0.05, 0.1) is 6.42 Å². The molecule has 2 fully saturated rings. The third-order valence-corrected chi connectivity index (χ3v) is 6.63. The number of esters is 1. The molecule has 0 bridgehead atoms. The molecular weight excluding hydrogens is 320 g/mol. The Morgan fingerprint density at radius 3 is 2.12 bits per heavy atom. The summed E-state index contributed by atoms with van der Waals surface area (Å²) in [4.78, 5) is 11.6. The Bertz CT molecular complexity index is 573. The molecule has 0 saturated heterocycles.